The number of fused-ring (bicyclic) bond motifs is 9. The van der Waals surface area contributed by atoms with Crippen molar-refractivity contribution >= 4 is 52.2 Å². The Labute approximate surface area is 291 Å². The Morgan fingerprint density at radius 2 is 1.71 bits per heavy atom. The molecule has 6 unspecified atom stereocenters. The van der Waals surface area contributed by atoms with Crippen LogP contribution in [0.3, 0.4) is 0 Å². The van der Waals surface area contributed by atoms with Crippen molar-refractivity contribution in [2.45, 2.75) is 36.5 Å². The molecule has 3 fully saturated rings. The molecule has 1 saturated heterocycles. The third-order valence-corrected chi connectivity index (χ3v) is 13.0. The normalized spacial score (nSPS) is 26.3. The molecule has 0 spiro atoms. The van der Waals surface area contributed by atoms with Crippen molar-refractivity contribution in [3.8, 4) is 17.2 Å². The number of carbonyl (C=O) groups excluding carboxylic acids is 3. The lowest BCUT2D eigenvalue weighted by Crippen LogP contribution is -2.42. The van der Waals surface area contributed by atoms with Crippen LogP contribution in [0.4, 0.5) is 11.4 Å². The third-order valence-electron chi connectivity index (χ3n) is 10.5. The van der Waals surface area contributed by atoms with Crippen molar-refractivity contribution in [3.63, 3.8) is 0 Å². The van der Waals surface area contributed by atoms with Gasteiger partial charge in [-0.3, -0.25) is 24.1 Å². The van der Waals surface area contributed by atoms with E-state index in [1.54, 1.807) is 43.1 Å². The van der Waals surface area contributed by atoms with Gasteiger partial charge in [0.2, 0.25) is 11.8 Å². The molecule has 2 aliphatic heterocycles. The molecule has 2 aliphatic carbocycles. The number of thiazole rings is 1. The van der Waals surface area contributed by atoms with Gasteiger partial charge < -0.3 is 24.5 Å². The summed E-state index contributed by atoms with van der Waals surface area (Å²) in [5.41, 5.74) is 3.18. The van der Waals surface area contributed by atoms with Crippen molar-refractivity contribution in [1.82, 2.24) is 4.98 Å². The molecule has 252 valence electrons. The van der Waals surface area contributed by atoms with Crippen LogP contribution < -0.4 is 29.3 Å². The molecule has 3 amide bonds. The summed E-state index contributed by atoms with van der Waals surface area (Å²) in [5, 5.41) is 3.78. The lowest BCUT2D eigenvalue weighted by Gasteiger charge is -2.43. The number of amides is 3. The predicted octanol–water partition coefficient (Wildman–Crippen LogP) is 5.85. The number of aryl methyl sites for hydroxylation is 1. The molecular weight excluding hydrogens is 663 g/mol. The van der Waals surface area contributed by atoms with Gasteiger partial charge in [-0.1, -0.05) is 35.6 Å². The van der Waals surface area contributed by atoms with E-state index in [2.05, 4.69) is 10.3 Å². The van der Waals surface area contributed by atoms with Gasteiger partial charge in [0, 0.05) is 21.7 Å². The number of H-pyrrole nitrogens is 1. The monoisotopic (exact) mass is 697 g/mol. The van der Waals surface area contributed by atoms with Gasteiger partial charge >= 0.3 is 4.87 Å². The molecule has 2 N–H and O–H groups in total. The number of nitrogens with one attached hydrogen (secondary N) is 2. The standard InChI is InChI=1S/C37H35N3O7S2/c1-4-46-26-15-19(9-14-25(26)47-17-27(41)38-24-8-6-5-7-18(24)2)28-29-22-16-23(32(29)48-34-33(28)49-37(44)39-34)31-30(22)35(42)40(36(31)43)20-10-12-21(45-3)13-11-20/h5-15,22-23,28-32H,4,16-17H2,1-3H3,(H,38,41)(H,39,44)/t22?,23?,28-,29?,30?,31?,32?/m1/s1. The molecule has 12 heteroatoms. The smallest absolute Gasteiger partial charge is 0.305 e. The summed E-state index contributed by atoms with van der Waals surface area (Å²) >= 11 is 2.86. The summed E-state index contributed by atoms with van der Waals surface area (Å²) in [6.45, 7) is 4.00. The largest absolute Gasteiger partial charge is 0.497 e. The summed E-state index contributed by atoms with van der Waals surface area (Å²) in [6.07, 6.45) is 0.788. The molecule has 3 aromatic carbocycles. The molecule has 7 atom stereocenters. The summed E-state index contributed by atoms with van der Waals surface area (Å²) < 4.78 is 17.3. The molecule has 2 bridgehead atoms. The number of imide groups is 1. The van der Waals surface area contributed by atoms with Crippen LogP contribution in [0.1, 0.15) is 35.3 Å². The van der Waals surface area contributed by atoms with Crippen LogP contribution in [0.25, 0.3) is 0 Å². The number of nitrogens with zero attached hydrogens (tertiary/aromatic N) is 1. The van der Waals surface area contributed by atoms with E-state index in [4.69, 9.17) is 14.2 Å². The molecule has 49 heavy (non-hydrogen) atoms. The molecular formula is C37H35N3O7S2. The van der Waals surface area contributed by atoms with Gasteiger partial charge in [0.15, 0.2) is 18.1 Å². The van der Waals surface area contributed by atoms with Crippen molar-refractivity contribution in [3.05, 3.63) is 92.4 Å². The fourth-order valence-electron chi connectivity index (χ4n) is 8.52. The minimum Gasteiger partial charge on any atom is -0.497 e. The van der Waals surface area contributed by atoms with E-state index in [1.807, 2.05) is 56.3 Å². The van der Waals surface area contributed by atoms with Crippen LogP contribution in [0, 0.1) is 36.5 Å². The molecule has 10 nitrogen and oxygen atoms in total. The van der Waals surface area contributed by atoms with Crippen molar-refractivity contribution in [2.24, 2.45) is 29.6 Å². The zero-order valence-corrected chi connectivity index (χ0v) is 28.8. The van der Waals surface area contributed by atoms with E-state index >= 15 is 0 Å². The first-order valence-electron chi connectivity index (χ1n) is 16.4. The Morgan fingerprint density at radius 3 is 2.45 bits per heavy atom. The maximum absolute atomic E-state index is 14.1. The number of ether oxygens (including phenoxy) is 3. The lowest BCUT2D eigenvalue weighted by molar-refractivity contribution is -0.123. The first-order valence-corrected chi connectivity index (χ1v) is 18.1. The number of benzene rings is 3. The van der Waals surface area contributed by atoms with Gasteiger partial charge in [-0.25, -0.2) is 0 Å². The van der Waals surface area contributed by atoms with E-state index in [0.29, 0.717) is 29.5 Å². The van der Waals surface area contributed by atoms with Crippen LogP contribution in [0.2, 0.25) is 0 Å². The van der Waals surface area contributed by atoms with Crippen LogP contribution in [-0.2, 0) is 14.4 Å². The van der Waals surface area contributed by atoms with Gasteiger partial charge in [-0.05, 0) is 91.6 Å². The number of rotatable bonds is 9. The van der Waals surface area contributed by atoms with Crippen molar-refractivity contribution < 1.29 is 28.6 Å². The fraction of sp³-hybridized carbons (Fsp3) is 0.351. The zero-order valence-electron chi connectivity index (χ0n) is 27.1. The number of hydrogen-bond donors (Lipinski definition) is 2. The second-order valence-corrected chi connectivity index (χ2v) is 15.2. The summed E-state index contributed by atoms with van der Waals surface area (Å²) in [7, 11) is 1.58. The minimum absolute atomic E-state index is 0.00415. The quantitative estimate of drug-likeness (QED) is 0.209. The number of anilines is 2. The van der Waals surface area contributed by atoms with Crippen molar-refractivity contribution in [2.75, 3.05) is 30.5 Å². The van der Waals surface area contributed by atoms with E-state index in [0.717, 1.165) is 33.1 Å². The number of carbonyl (C=O) groups is 3. The summed E-state index contributed by atoms with van der Waals surface area (Å²) in [6, 6.07) is 20.3. The average Bonchev–Trinajstić information content (AvgIpc) is 3.84. The Bertz CT molecular complexity index is 2020. The third kappa shape index (κ3) is 5.23. The fourth-order valence-corrected chi connectivity index (χ4v) is 11.4. The topological polar surface area (TPSA) is 127 Å². The second kappa shape index (κ2) is 12.4. The number of thioether (sulfide) groups is 1. The van der Waals surface area contributed by atoms with E-state index in [9.17, 15) is 19.2 Å². The summed E-state index contributed by atoms with van der Waals surface area (Å²) in [5.74, 6) is 0.0431. The Morgan fingerprint density at radius 1 is 0.959 bits per heavy atom. The summed E-state index contributed by atoms with van der Waals surface area (Å²) in [4.78, 5) is 58.8. The maximum Gasteiger partial charge on any atom is 0.305 e. The van der Waals surface area contributed by atoms with E-state index < -0.39 is 5.92 Å². The molecule has 4 aliphatic rings. The van der Waals surface area contributed by atoms with E-state index in [1.165, 1.54) is 16.2 Å². The number of hydrogen-bond acceptors (Lipinski definition) is 9. The van der Waals surface area contributed by atoms with Crippen LogP contribution in [-0.4, -0.2) is 48.3 Å². The Balaban J connectivity index is 1.10. The SMILES string of the molecule is CCOc1cc([C@H]2c3sc(=O)[nH]c3SC3C4CC(C5C(=O)N(c6ccc(OC)cc6)C(=O)C45)C32)ccc1OCC(=O)Nc1ccccc1C. The Hall–Kier alpha value is -4.55. The van der Waals surface area contributed by atoms with Crippen molar-refractivity contribution in [1.29, 1.82) is 0 Å². The molecule has 1 aromatic heterocycles. The molecule has 4 aromatic rings. The second-order valence-electron chi connectivity index (χ2n) is 13.0. The van der Waals surface area contributed by atoms with Gasteiger partial charge in [-0.15, -0.1) is 11.8 Å². The highest BCUT2D eigenvalue weighted by atomic mass is 32.2. The van der Waals surface area contributed by atoms with E-state index in [-0.39, 0.29) is 64.0 Å². The number of methoxy groups -OCH3 is 1. The van der Waals surface area contributed by atoms with Gasteiger partial charge in [0.25, 0.3) is 5.91 Å². The predicted molar refractivity (Wildman–Crippen MR) is 187 cm³/mol. The average molecular weight is 698 g/mol. The van der Waals surface area contributed by atoms with Gasteiger partial charge in [0.1, 0.15) is 5.75 Å². The number of para-hydroxylation sites is 1. The van der Waals surface area contributed by atoms with Crippen LogP contribution in [0.5, 0.6) is 17.2 Å². The lowest BCUT2D eigenvalue weighted by atomic mass is 9.68. The molecule has 8 rings (SSSR count). The van der Waals surface area contributed by atoms with Crippen LogP contribution >= 0.6 is 23.1 Å². The zero-order chi connectivity index (χ0) is 34.0. The number of aromatic nitrogens is 1. The highest BCUT2D eigenvalue weighted by Crippen LogP contribution is 2.68. The molecule has 2 saturated carbocycles. The highest BCUT2D eigenvalue weighted by molar-refractivity contribution is 8.00. The highest BCUT2D eigenvalue weighted by Gasteiger charge is 2.69. The first kappa shape index (κ1) is 31.7. The molecule has 3 heterocycles. The number of aromatic amines is 1. The molecule has 0 radical (unpaired) electrons. The van der Waals surface area contributed by atoms with Gasteiger partial charge in [0.05, 0.1) is 36.3 Å². The first-order chi connectivity index (χ1) is 23.8. The van der Waals surface area contributed by atoms with Gasteiger partial charge in [-0.2, -0.15) is 0 Å². The minimum atomic E-state index is -0.415. The Kier molecular flexibility index (Phi) is 8.02. The van der Waals surface area contributed by atoms with Crippen LogP contribution in [0.15, 0.2) is 76.6 Å². The maximum atomic E-state index is 14.1.